The lowest BCUT2D eigenvalue weighted by Gasteiger charge is -2.09. The summed E-state index contributed by atoms with van der Waals surface area (Å²) in [5.41, 5.74) is 1.13. The Balaban J connectivity index is 1.88. The van der Waals surface area contributed by atoms with Gasteiger partial charge in [-0.25, -0.2) is 0 Å². The number of furan rings is 1. The van der Waals surface area contributed by atoms with Crippen LogP contribution in [0.15, 0.2) is 47.1 Å². The Morgan fingerprint density at radius 2 is 1.95 bits per heavy atom. The maximum absolute atomic E-state index is 11.7. The van der Waals surface area contributed by atoms with Gasteiger partial charge < -0.3 is 20.2 Å². The number of amides is 2. The molecule has 0 atom stereocenters. The summed E-state index contributed by atoms with van der Waals surface area (Å²) in [6.07, 6.45) is 1.38. The van der Waals surface area contributed by atoms with Gasteiger partial charge in [-0.1, -0.05) is 18.2 Å². The maximum atomic E-state index is 11.7. The van der Waals surface area contributed by atoms with Crippen LogP contribution in [0.4, 0.5) is 5.69 Å². The highest BCUT2D eigenvalue weighted by atomic mass is 16.3. The molecular weight excluding hydrogens is 260 g/mol. The molecule has 1 aromatic heterocycles. The van der Waals surface area contributed by atoms with Gasteiger partial charge in [-0.2, -0.15) is 0 Å². The molecule has 2 rings (SSSR count). The molecular formula is C14H14N2O4. The monoisotopic (exact) mass is 274 g/mol. The van der Waals surface area contributed by atoms with Crippen molar-refractivity contribution < 1.29 is 19.1 Å². The highest BCUT2D eigenvalue weighted by Crippen LogP contribution is 2.14. The zero-order valence-electron chi connectivity index (χ0n) is 10.6. The van der Waals surface area contributed by atoms with Crippen LogP contribution in [0.5, 0.6) is 0 Å². The Hall–Kier alpha value is -2.60. The zero-order valence-corrected chi connectivity index (χ0v) is 10.6. The number of rotatable bonds is 5. The third-order valence-corrected chi connectivity index (χ3v) is 2.62. The minimum Gasteiger partial charge on any atom is -0.459 e. The summed E-state index contributed by atoms with van der Waals surface area (Å²) in [7, 11) is 0. The minimum atomic E-state index is -0.458. The van der Waals surface area contributed by atoms with Crippen molar-refractivity contribution >= 4 is 17.5 Å². The normalized spacial score (nSPS) is 10.1. The van der Waals surface area contributed by atoms with Crippen molar-refractivity contribution in [1.29, 1.82) is 0 Å². The average Bonchev–Trinajstić information content (AvgIpc) is 2.99. The number of hydrogen-bond acceptors (Lipinski definition) is 4. The summed E-state index contributed by atoms with van der Waals surface area (Å²) in [6.45, 7) is -0.353. The van der Waals surface area contributed by atoms with E-state index in [1.807, 2.05) is 0 Å². The summed E-state index contributed by atoms with van der Waals surface area (Å²) in [4.78, 5) is 23.3. The van der Waals surface area contributed by atoms with Crippen molar-refractivity contribution in [2.24, 2.45) is 0 Å². The molecule has 0 saturated heterocycles. The first-order valence-electron chi connectivity index (χ1n) is 6.01. The number of aliphatic hydroxyl groups is 1. The van der Waals surface area contributed by atoms with Gasteiger partial charge in [-0.15, -0.1) is 0 Å². The highest BCUT2D eigenvalue weighted by Gasteiger charge is 2.11. The predicted octanol–water partition coefficient (Wildman–Crippen LogP) is 1.14. The van der Waals surface area contributed by atoms with Crippen molar-refractivity contribution in [3.63, 3.8) is 0 Å². The SMILES string of the molecule is O=C(CNC(=O)c1ccco1)Nc1ccccc1CO. The number of benzene rings is 1. The quantitative estimate of drug-likeness (QED) is 0.762. The molecule has 0 saturated carbocycles. The topological polar surface area (TPSA) is 91.6 Å². The van der Waals surface area contributed by atoms with Crippen LogP contribution in [0, 0.1) is 0 Å². The van der Waals surface area contributed by atoms with E-state index < -0.39 is 5.91 Å². The predicted molar refractivity (Wildman–Crippen MR) is 72.0 cm³/mol. The van der Waals surface area contributed by atoms with Crippen LogP contribution < -0.4 is 10.6 Å². The Bertz CT molecular complexity index is 593. The molecule has 2 amide bonds. The molecule has 20 heavy (non-hydrogen) atoms. The molecule has 1 heterocycles. The van der Waals surface area contributed by atoms with Gasteiger partial charge in [0.2, 0.25) is 5.91 Å². The van der Waals surface area contributed by atoms with Gasteiger partial charge in [-0.3, -0.25) is 9.59 Å². The fourth-order valence-electron chi connectivity index (χ4n) is 1.63. The second-order valence-corrected chi connectivity index (χ2v) is 4.02. The zero-order chi connectivity index (χ0) is 14.4. The van der Waals surface area contributed by atoms with E-state index in [1.165, 1.54) is 12.3 Å². The van der Waals surface area contributed by atoms with Crippen LogP contribution in [0.25, 0.3) is 0 Å². The third-order valence-electron chi connectivity index (χ3n) is 2.62. The van der Waals surface area contributed by atoms with Crippen LogP contribution >= 0.6 is 0 Å². The number of carbonyl (C=O) groups excluding carboxylic acids is 2. The Kier molecular flexibility index (Phi) is 4.52. The lowest BCUT2D eigenvalue weighted by atomic mass is 10.2. The second-order valence-electron chi connectivity index (χ2n) is 4.02. The molecule has 0 spiro atoms. The molecule has 0 fully saturated rings. The van der Waals surface area contributed by atoms with Crippen LogP contribution in [0.2, 0.25) is 0 Å². The molecule has 1 aromatic carbocycles. The number of carbonyl (C=O) groups is 2. The summed E-state index contributed by atoms with van der Waals surface area (Å²) in [5, 5.41) is 14.2. The van der Waals surface area contributed by atoms with E-state index >= 15 is 0 Å². The summed E-state index contributed by atoms with van der Waals surface area (Å²) < 4.78 is 4.91. The number of aliphatic hydroxyl groups excluding tert-OH is 1. The van der Waals surface area contributed by atoms with Gasteiger partial charge in [0.25, 0.3) is 5.91 Å². The largest absolute Gasteiger partial charge is 0.459 e. The van der Waals surface area contributed by atoms with Crippen LogP contribution in [0.1, 0.15) is 16.1 Å². The third kappa shape index (κ3) is 3.46. The Morgan fingerprint density at radius 1 is 1.15 bits per heavy atom. The molecule has 0 radical (unpaired) electrons. The Labute approximate surface area is 115 Å². The first-order valence-corrected chi connectivity index (χ1v) is 6.01. The molecule has 0 aliphatic rings. The smallest absolute Gasteiger partial charge is 0.287 e. The van der Waals surface area contributed by atoms with E-state index in [1.54, 1.807) is 30.3 Å². The summed E-state index contributed by atoms with van der Waals surface area (Å²) in [6, 6.07) is 9.99. The summed E-state index contributed by atoms with van der Waals surface area (Å²) in [5.74, 6) is -0.694. The van der Waals surface area contributed by atoms with E-state index in [9.17, 15) is 9.59 Å². The Morgan fingerprint density at radius 3 is 2.65 bits per heavy atom. The molecule has 2 aromatic rings. The molecule has 6 heteroatoms. The van der Waals surface area contributed by atoms with Gasteiger partial charge >= 0.3 is 0 Å². The molecule has 0 aliphatic heterocycles. The molecule has 3 N–H and O–H groups in total. The van der Waals surface area contributed by atoms with Crippen molar-refractivity contribution in [3.8, 4) is 0 Å². The van der Waals surface area contributed by atoms with Crippen molar-refractivity contribution in [2.75, 3.05) is 11.9 Å². The van der Waals surface area contributed by atoms with E-state index in [4.69, 9.17) is 9.52 Å². The first kappa shape index (κ1) is 13.8. The minimum absolute atomic E-state index is 0.147. The lowest BCUT2D eigenvalue weighted by molar-refractivity contribution is -0.115. The molecule has 0 aliphatic carbocycles. The average molecular weight is 274 g/mol. The van der Waals surface area contributed by atoms with Gasteiger partial charge in [0, 0.05) is 11.3 Å². The fraction of sp³-hybridized carbons (Fsp3) is 0.143. The maximum Gasteiger partial charge on any atom is 0.287 e. The van der Waals surface area contributed by atoms with Gasteiger partial charge in [0.05, 0.1) is 19.4 Å². The van der Waals surface area contributed by atoms with Crippen LogP contribution in [-0.4, -0.2) is 23.5 Å². The van der Waals surface area contributed by atoms with E-state index in [0.29, 0.717) is 11.3 Å². The second kappa shape index (κ2) is 6.53. The van der Waals surface area contributed by atoms with Gasteiger partial charge in [-0.05, 0) is 18.2 Å². The molecule has 0 bridgehead atoms. The van der Waals surface area contributed by atoms with Crippen molar-refractivity contribution in [1.82, 2.24) is 5.32 Å². The highest BCUT2D eigenvalue weighted by molar-refractivity contribution is 5.98. The van der Waals surface area contributed by atoms with Crippen LogP contribution in [0.3, 0.4) is 0 Å². The fourth-order valence-corrected chi connectivity index (χ4v) is 1.63. The van der Waals surface area contributed by atoms with E-state index in [-0.39, 0.29) is 24.8 Å². The van der Waals surface area contributed by atoms with Crippen LogP contribution in [-0.2, 0) is 11.4 Å². The molecule has 0 unspecified atom stereocenters. The number of hydrogen-bond donors (Lipinski definition) is 3. The number of nitrogens with one attached hydrogen (secondary N) is 2. The van der Waals surface area contributed by atoms with E-state index in [0.717, 1.165) is 0 Å². The standard InChI is InChI=1S/C14H14N2O4/c17-9-10-4-1-2-5-11(10)16-13(18)8-15-14(19)12-6-3-7-20-12/h1-7,17H,8-9H2,(H,15,19)(H,16,18). The van der Waals surface area contributed by atoms with E-state index in [2.05, 4.69) is 10.6 Å². The molecule has 6 nitrogen and oxygen atoms in total. The summed E-state index contributed by atoms with van der Waals surface area (Å²) >= 11 is 0. The van der Waals surface area contributed by atoms with Gasteiger partial charge in [0.1, 0.15) is 0 Å². The van der Waals surface area contributed by atoms with Crippen molar-refractivity contribution in [2.45, 2.75) is 6.61 Å². The number of para-hydroxylation sites is 1. The molecule has 104 valence electrons. The van der Waals surface area contributed by atoms with Crippen molar-refractivity contribution in [3.05, 3.63) is 54.0 Å². The van der Waals surface area contributed by atoms with Gasteiger partial charge in [0.15, 0.2) is 5.76 Å². The number of anilines is 1. The lowest BCUT2D eigenvalue weighted by Crippen LogP contribution is -2.32. The first-order chi connectivity index (χ1) is 9.70.